The lowest BCUT2D eigenvalue weighted by Gasteiger charge is -2.31. The molecule has 1 saturated heterocycles. The first-order valence-corrected chi connectivity index (χ1v) is 10.6. The molecule has 0 aliphatic carbocycles. The minimum Gasteiger partial charge on any atom is -0.497 e. The first-order chi connectivity index (χ1) is 14.2. The van der Waals surface area contributed by atoms with Crippen molar-refractivity contribution >= 4 is 32.6 Å². The van der Waals surface area contributed by atoms with Crippen molar-refractivity contribution in [1.82, 2.24) is 10.3 Å². The first-order valence-electron chi connectivity index (χ1n) is 9.78. The van der Waals surface area contributed by atoms with Crippen molar-refractivity contribution in [3.8, 4) is 11.5 Å². The Bertz CT molecular complexity index is 963. The number of rotatable bonds is 6. The number of para-hydroxylation sites is 1. The average molecular weight is 412 g/mol. The minimum absolute atomic E-state index is 0.113. The van der Waals surface area contributed by atoms with Crippen LogP contribution >= 0.6 is 11.3 Å². The molecule has 1 amide bonds. The zero-order valence-electron chi connectivity index (χ0n) is 16.7. The molecule has 3 aromatic rings. The van der Waals surface area contributed by atoms with Gasteiger partial charge in [-0.05, 0) is 43.0 Å². The van der Waals surface area contributed by atoms with Gasteiger partial charge in [0.15, 0.2) is 5.13 Å². The Labute approximate surface area is 174 Å². The molecule has 7 heteroatoms. The molecular formula is C22H25N3O3S. The van der Waals surface area contributed by atoms with Crippen molar-refractivity contribution in [3.05, 3.63) is 48.0 Å². The van der Waals surface area contributed by atoms with Crippen LogP contribution in [0, 0.1) is 5.92 Å². The second-order valence-corrected chi connectivity index (χ2v) is 8.18. The number of hydrogen-bond donors (Lipinski definition) is 1. The van der Waals surface area contributed by atoms with Crippen LogP contribution < -0.4 is 19.7 Å². The molecule has 1 N–H and O–H groups in total. The van der Waals surface area contributed by atoms with Crippen molar-refractivity contribution in [2.24, 2.45) is 5.92 Å². The van der Waals surface area contributed by atoms with Gasteiger partial charge in [0.25, 0.3) is 5.91 Å². The highest BCUT2D eigenvalue weighted by Crippen LogP contribution is 2.31. The van der Waals surface area contributed by atoms with Crippen molar-refractivity contribution in [2.45, 2.75) is 12.8 Å². The third kappa shape index (κ3) is 4.29. The number of fused-ring (bicyclic) bond motifs is 1. The van der Waals surface area contributed by atoms with E-state index in [1.165, 1.54) is 4.70 Å². The molecule has 1 aliphatic rings. The monoisotopic (exact) mass is 411 g/mol. The lowest BCUT2D eigenvalue weighted by atomic mass is 9.97. The number of nitrogens with zero attached hydrogens (tertiary/aromatic N) is 2. The molecule has 2 aromatic carbocycles. The number of anilines is 1. The molecule has 0 bridgehead atoms. The molecule has 1 fully saturated rings. The molecule has 0 saturated carbocycles. The van der Waals surface area contributed by atoms with E-state index in [2.05, 4.69) is 28.4 Å². The van der Waals surface area contributed by atoms with E-state index in [1.807, 2.05) is 6.07 Å². The summed E-state index contributed by atoms with van der Waals surface area (Å²) < 4.78 is 11.8. The number of piperidine rings is 1. The quantitative estimate of drug-likeness (QED) is 0.665. The number of ether oxygens (including phenoxy) is 2. The Kier molecular flexibility index (Phi) is 5.85. The smallest absolute Gasteiger partial charge is 0.255 e. The Morgan fingerprint density at radius 1 is 1.17 bits per heavy atom. The summed E-state index contributed by atoms with van der Waals surface area (Å²) in [4.78, 5) is 19.7. The zero-order valence-corrected chi connectivity index (χ0v) is 17.5. The fourth-order valence-electron chi connectivity index (χ4n) is 3.64. The normalized spacial score (nSPS) is 14.8. The largest absolute Gasteiger partial charge is 0.497 e. The second kappa shape index (κ2) is 8.69. The van der Waals surface area contributed by atoms with E-state index >= 15 is 0 Å². The maximum atomic E-state index is 12.6. The summed E-state index contributed by atoms with van der Waals surface area (Å²) in [5.74, 6) is 1.54. The molecule has 1 aliphatic heterocycles. The van der Waals surface area contributed by atoms with Crippen LogP contribution in [-0.2, 0) is 0 Å². The summed E-state index contributed by atoms with van der Waals surface area (Å²) in [6.07, 6.45) is 2.08. The van der Waals surface area contributed by atoms with Gasteiger partial charge in [0, 0.05) is 25.7 Å². The van der Waals surface area contributed by atoms with Crippen molar-refractivity contribution in [1.29, 1.82) is 0 Å². The van der Waals surface area contributed by atoms with Gasteiger partial charge in [-0.3, -0.25) is 4.79 Å². The summed E-state index contributed by atoms with van der Waals surface area (Å²) in [7, 11) is 3.15. The maximum Gasteiger partial charge on any atom is 0.255 e. The second-order valence-electron chi connectivity index (χ2n) is 7.17. The van der Waals surface area contributed by atoms with Gasteiger partial charge in [0.1, 0.15) is 11.5 Å². The summed E-state index contributed by atoms with van der Waals surface area (Å²) in [6, 6.07) is 13.5. The summed E-state index contributed by atoms with van der Waals surface area (Å²) in [6.45, 7) is 2.60. The van der Waals surface area contributed by atoms with Crippen LogP contribution in [0.3, 0.4) is 0 Å². The number of carbonyl (C=O) groups excluding carboxylic acids is 1. The molecule has 4 rings (SSSR count). The Morgan fingerprint density at radius 2 is 1.97 bits per heavy atom. The molecule has 1 aromatic heterocycles. The van der Waals surface area contributed by atoms with E-state index in [4.69, 9.17) is 14.5 Å². The minimum atomic E-state index is -0.113. The number of carbonyl (C=O) groups is 1. The Hall–Kier alpha value is -2.80. The van der Waals surface area contributed by atoms with Crippen LogP contribution in [-0.4, -0.2) is 44.7 Å². The number of amides is 1. The number of benzene rings is 2. The van der Waals surface area contributed by atoms with E-state index in [1.54, 1.807) is 43.8 Å². The molecule has 0 atom stereocenters. The van der Waals surface area contributed by atoms with Gasteiger partial charge < -0.3 is 19.7 Å². The molecule has 0 radical (unpaired) electrons. The fourth-order valence-corrected chi connectivity index (χ4v) is 4.66. The summed E-state index contributed by atoms with van der Waals surface area (Å²) >= 11 is 1.75. The molecule has 152 valence electrons. The lowest BCUT2D eigenvalue weighted by Crippen LogP contribution is -2.38. The highest BCUT2D eigenvalue weighted by atomic mass is 32.1. The highest BCUT2D eigenvalue weighted by molar-refractivity contribution is 7.22. The van der Waals surface area contributed by atoms with Crippen molar-refractivity contribution in [2.75, 3.05) is 38.8 Å². The van der Waals surface area contributed by atoms with Gasteiger partial charge in [-0.25, -0.2) is 4.98 Å². The van der Waals surface area contributed by atoms with E-state index in [0.717, 1.165) is 36.6 Å². The summed E-state index contributed by atoms with van der Waals surface area (Å²) in [5.41, 5.74) is 1.59. The van der Waals surface area contributed by atoms with Crippen molar-refractivity contribution in [3.63, 3.8) is 0 Å². The number of nitrogens with one attached hydrogen (secondary N) is 1. The third-order valence-corrected chi connectivity index (χ3v) is 6.47. The van der Waals surface area contributed by atoms with Gasteiger partial charge in [-0.1, -0.05) is 23.5 Å². The van der Waals surface area contributed by atoms with Crippen LogP contribution in [0.25, 0.3) is 10.2 Å². The molecule has 0 spiro atoms. The Morgan fingerprint density at radius 3 is 2.69 bits per heavy atom. The molecule has 29 heavy (non-hydrogen) atoms. The molecule has 6 nitrogen and oxygen atoms in total. The predicted molar refractivity (Wildman–Crippen MR) is 116 cm³/mol. The highest BCUT2D eigenvalue weighted by Gasteiger charge is 2.23. The van der Waals surface area contributed by atoms with Crippen LogP contribution in [0.2, 0.25) is 0 Å². The third-order valence-electron chi connectivity index (χ3n) is 5.37. The van der Waals surface area contributed by atoms with Gasteiger partial charge in [-0.2, -0.15) is 0 Å². The molecule has 2 heterocycles. The van der Waals surface area contributed by atoms with Gasteiger partial charge >= 0.3 is 0 Å². The van der Waals surface area contributed by atoms with E-state index in [-0.39, 0.29) is 5.91 Å². The number of methoxy groups -OCH3 is 2. The molecular weight excluding hydrogens is 386 g/mol. The number of aromatic nitrogens is 1. The van der Waals surface area contributed by atoms with E-state index < -0.39 is 0 Å². The van der Waals surface area contributed by atoms with Gasteiger partial charge in [-0.15, -0.1) is 0 Å². The SMILES string of the molecule is COc1ccc(C(=O)NCC2CCN(c3nc4ccccc4s3)CC2)c(OC)c1. The fraction of sp³-hybridized carbons (Fsp3) is 0.364. The van der Waals surface area contributed by atoms with Gasteiger partial charge in [0.2, 0.25) is 0 Å². The van der Waals surface area contributed by atoms with Crippen LogP contribution in [0.15, 0.2) is 42.5 Å². The average Bonchev–Trinajstić information content (AvgIpc) is 3.21. The predicted octanol–water partition coefficient (Wildman–Crippen LogP) is 3.96. The van der Waals surface area contributed by atoms with Crippen LogP contribution in [0.1, 0.15) is 23.2 Å². The van der Waals surface area contributed by atoms with Crippen LogP contribution in [0.4, 0.5) is 5.13 Å². The lowest BCUT2D eigenvalue weighted by molar-refractivity contribution is 0.0942. The van der Waals surface area contributed by atoms with E-state index in [0.29, 0.717) is 29.5 Å². The van der Waals surface area contributed by atoms with E-state index in [9.17, 15) is 4.79 Å². The standard InChI is InChI=1S/C22H25N3O3S/c1-27-16-7-8-17(19(13-16)28-2)21(26)23-14-15-9-11-25(12-10-15)22-24-18-5-3-4-6-20(18)29-22/h3-8,13,15H,9-12,14H2,1-2H3,(H,23,26). The Balaban J connectivity index is 1.31. The van der Waals surface area contributed by atoms with Crippen LogP contribution in [0.5, 0.6) is 11.5 Å². The van der Waals surface area contributed by atoms with Gasteiger partial charge in [0.05, 0.1) is 30.0 Å². The first kappa shape index (κ1) is 19.5. The maximum absolute atomic E-state index is 12.6. The number of hydrogen-bond acceptors (Lipinski definition) is 6. The zero-order chi connectivity index (χ0) is 20.2. The topological polar surface area (TPSA) is 63.7 Å². The van der Waals surface area contributed by atoms with Crippen molar-refractivity contribution < 1.29 is 14.3 Å². The number of thiazole rings is 1. The summed E-state index contributed by atoms with van der Waals surface area (Å²) in [5, 5.41) is 4.16. The molecule has 0 unspecified atom stereocenters.